The lowest BCUT2D eigenvalue weighted by Crippen LogP contribution is -2.34. The van der Waals surface area contributed by atoms with Crippen molar-refractivity contribution in [3.05, 3.63) is 4.88 Å². The second-order valence-corrected chi connectivity index (χ2v) is 8.37. The summed E-state index contributed by atoms with van der Waals surface area (Å²) < 4.78 is 24.0. The predicted molar refractivity (Wildman–Crippen MR) is 83.9 cm³/mol. The van der Waals surface area contributed by atoms with Gasteiger partial charge >= 0.3 is 0 Å². The van der Waals surface area contributed by atoms with Crippen LogP contribution < -0.4 is 10.6 Å². The molecule has 0 bridgehead atoms. The highest BCUT2D eigenvalue weighted by atomic mass is 32.2. The normalized spacial score (nSPS) is 17.2. The highest BCUT2D eigenvalue weighted by Gasteiger charge is 2.30. The van der Waals surface area contributed by atoms with Crippen LogP contribution in [0.2, 0.25) is 0 Å². The number of ketones is 1. The van der Waals surface area contributed by atoms with Crippen molar-refractivity contribution in [2.75, 3.05) is 36.6 Å². The summed E-state index contributed by atoms with van der Waals surface area (Å²) in [5.41, 5.74) is 5.96. The second kappa shape index (κ2) is 5.94. The van der Waals surface area contributed by atoms with Gasteiger partial charge < -0.3 is 15.7 Å². The van der Waals surface area contributed by atoms with Gasteiger partial charge in [0, 0.05) is 32.9 Å². The molecular formula is C13H20N2O4S2. The van der Waals surface area contributed by atoms with Gasteiger partial charge in [-0.3, -0.25) is 4.79 Å². The zero-order chi connectivity index (χ0) is 15.8. The van der Waals surface area contributed by atoms with E-state index < -0.39 is 9.84 Å². The van der Waals surface area contributed by atoms with E-state index in [0.717, 1.165) is 30.4 Å². The van der Waals surface area contributed by atoms with Crippen LogP contribution in [0.5, 0.6) is 0 Å². The largest absolute Gasteiger partial charge is 0.396 e. The first-order valence-electron chi connectivity index (χ1n) is 6.74. The van der Waals surface area contributed by atoms with E-state index in [1.54, 1.807) is 0 Å². The van der Waals surface area contributed by atoms with Crippen LogP contribution in [0.3, 0.4) is 0 Å². The van der Waals surface area contributed by atoms with Gasteiger partial charge in [0.1, 0.15) is 9.90 Å². The molecule has 0 atom stereocenters. The topological polar surface area (TPSA) is 101 Å². The Morgan fingerprint density at radius 1 is 1.43 bits per heavy atom. The molecule has 2 rings (SSSR count). The van der Waals surface area contributed by atoms with Crippen LogP contribution in [0.25, 0.3) is 0 Å². The molecule has 1 aromatic rings. The maximum atomic E-state index is 12.0. The molecule has 8 heteroatoms. The van der Waals surface area contributed by atoms with Gasteiger partial charge in [-0.25, -0.2) is 8.42 Å². The number of carbonyl (C=O) groups is 1. The predicted octanol–water partition coefficient (Wildman–Crippen LogP) is 1.15. The zero-order valence-electron chi connectivity index (χ0n) is 12.1. The van der Waals surface area contributed by atoms with Crippen molar-refractivity contribution in [2.45, 2.75) is 24.7 Å². The number of piperidine rings is 1. The Bertz CT molecular complexity index is 643. The summed E-state index contributed by atoms with van der Waals surface area (Å²) in [4.78, 5) is 13.9. The monoisotopic (exact) mass is 332 g/mol. The Kier molecular flexibility index (Phi) is 4.60. The Morgan fingerprint density at radius 3 is 2.43 bits per heavy atom. The standard InChI is InChI=1S/C13H20N2O4S2/c1-8(17)11-10(14)12(21(2,18)19)13(20-11)15-5-3-9(7-16)4-6-15/h9,16H,3-7,14H2,1-2H3. The van der Waals surface area contributed by atoms with E-state index in [0.29, 0.717) is 23.0 Å². The maximum Gasteiger partial charge on any atom is 0.180 e. The quantitative estimate of drug-likeness (QED) is 0.802. The van der Waals surface area contributed by atoms with Crippen molar-refractivity contribution in [1.82, 2.24) is 0 Å². The average molecular weight is 332 g/mol. The molecule has 0 radical (unpaired) electrons. The third kappa shape index (κ3) is 3.22. The molecule has 1 aliphatic heterocycles. The Hall–Kier alpha value is -1.12. The molecule has 6 nitrogen and oxygen atoms in total. The summed E-state index contributed by atoms with van der Waals surface area (Å²) in [5, 5.41) is 9.73. The number of anilines is 2. The average Bonchev–Trinajstić information content (AvgIpc) is 2.76. The lowest BCUT2D eigenvalue weighted by molar-refractivity contribution is 0.102. The second-order valence-electron chi connectivity index (χ2n) is 5.42. The number of hydrogen-bond donors (Lipinski definition) is 2. The summed E-state index contributed by atoms with van der Waals surface area (Å²) in [5.74, 6) is 0.0337. The van der Waals surface area contributed by atoms with Gasteiger partial charge in [-0.1, -0.05) is 0 Å². The highest BCUT2D eigenvalue weighted by Crippen LogP contribution is 2.42. The van der Waals surface area contributed by atoms with E-state index in [2.05, 4.69) is 0 Å². The molecule has 2 heterocycles. The van der Waals surface area contributed by atoms with Crippen LogP contribution in [-0.4, -0.2) is 45.3 Å². The molecule has 0 spiro atoms. The summed E-state index contributed by atoms with van der Waals surface area (Å²) in [7, 11) is -3.50. The first-order valence-corrected chi connectivity index (χ1v) is 9.45. The number of sulfone groups is 1. The summed E-state index contributed by atoms with van der Waals surface area (Å²) in [6, 6.07) is 0. The smallest absolute Gasteiger partial charge is 0.180 e. The number of nitrogens with zero attached hydrogens (tertiary/aromatic N) is 1. The van der Waals surface area contributed by atoms with Gasteiger partial charge in [0.25, 0.3) is 0 Å². The Balaban J connectivity index is 2.44. The number of Topliss-reactive ketones (excluding diaryl/α,β-unsaturated/α-hetero) is 1. The molecule has 1 aliphatic rings. The number of hydrogen-bond acceptors (Lipinski definition) is 7. The minimum Gasteiger partial charge on any atom is -0.396 e. The van der Waals surface area contributed by atoms with E-state index in [1.165, 1.54) is 6.92 Å². The molecule has 118 valence electrons. The minimum atomic E-state index is -3.50. The highest BCUT2D eigenvalue weighted by molar-refractivity contribution is 7.91. The number of carbonyl (C=O) groups excluding carboxylic acids is 1. The molecule has 3 N–H and O–H groups in total. The van der Waals surface area contributed by atoms with Crippen molar-refractivity contribution < 1.29 is 18.3 Å². The molecule has 21 heavy (non-hydrogen) atoms. The Labute approximate surface area is 128 Å². The molecule has 1 saturated heterocycles. The molecular weight excluding hydrogens is 312 g/mol. The van der Waals surface area contributed by atoms with E-state index >= 15 is 0 Å². The summed E-state index contributed by atoms with van der Waals surface area (Å²) in [6.45, 7) is 2.85. The van der Waals surface area contributed by atoms with Gasteiger partial charge in [0.05, 0.1) is 10.6 Å². The number of rotatable bonds is 4. The molecule has 0 aliphatic carbocycles. The number of aliphatic hydroxyl groups is 1. The number of nitrogen functional groups attached to an aromatic ring is 1. The fourth-order valence-electron chi connectivity index (χ4n) is 2.56. The number of thiophene rings is 1. The lowest BCUT2D eigenvalue weighted by atomic mass is 9.98. The fraction of sp³-hybridized carbons (Fsp3) is 0.615. The summed E-state index contributed by atoms with van der Waals surface area (Å²) in [6.07, 6.45) is 2.71. The van der Waals surface area contributed by atoms with Gasteiger partial charge in [-0.2, -0.15) is 0 Å². The van der Waals surface area contributed by atoms with Gasteiger partial charge in [-0.05, 0) is 18.8 Å². The van der Waals surface area contributed by atoms with Crippen LogP contribution in [0, 0.1) is 5.92 Å². The van der Waals surface area contributed by atoms with Crippen molar-refractivity contribution in [3.8, 4) is 0 Å². The van der Waals surface area contributed by atoms with Gasteiger partial charge in [-0.15, -0.1) is 11.3 Å². The molecule has 1 fully saturated rings. The van der Waals surface area contributed by atoms with E-state index in [-0.39, 0.29) is 28.9 Å². The van der Waals surface area contributed by atoms with E-state index in [9.17, 15) is 18.3 Å². The molecule has 1 aromatic heterocycles. The Morgan fingerprint density at radius 2 is 2.00 bits per heavy atom. The van der Waals surface area contributed by atoms with E-state index in [1.807, 2.05) is 4.90 Å². The SMILES string of the molecule is CC(=O)c1sc(N2CCC(CO)CC2)c(S(C)(=O)=O)c1N. The van der Waals surface area contributed by atoms with Crippen molar-refractivity contribution in [1.29, 1.82) is 0 Å². The molecule has 0 aromatic carbocycles. The minimum absolute atomic E-state index is 0.0641. The van der Waals surface area contributed by atoms with Crippen LogP contribution in [0.1, 0.15) is 29.4 Å². The number of nitrogens with two attached hydrogens (primary N) is 1. The number of aliphatic hydroxyl groups excluding tert-OH is 1. The maximum absolute atomic E-state index is 12.0. The van der Waals surface area contributed by atoms with Crippen molar-refractivity contribution >= 4 is 37.6 Å². The fourth-order valence-corrected chi connectivity index (χ4v) is 5.22. The molecule has 0 unspecified atom stereocenters. The van der Waals surface area contributed by atoms with Crippen molar-refractivity contribution in [3.63, 3.8) is 0 Å². The molecule has 0 amide bonds. The first kappa shape index (κ1) is 16.3. The van der Waals surface area contributed by atoms with E-state index in [4.69, 9.17) is 5.73 Å². The van der Waals surface area contributed by atoms with Crippen LogP contribution >= 0.6 is 11.3 Å². The molecule has 0 saturated carbocycles. The third-order valence-electron chi connectivity index (χ3n) is 3.73. The van der Waals surface area contributed by atoms with Gasteiger partial charge in [0.15, 0.2) is 15.6 Å². The van der Waals surface area contributed by atoms with Crippen LogP contribution in [0.15, 0.2) is 4.90 Å². The lowest BCUT2D eigenvalue weighted by Gasteiger charge is -2.32. The zero-order valence-corrected chi connectivity index (χ0v) is 13.8. The van der Waals surface area contributed by atoms with Crippen LogP contribution in [-0.2, 0) is 9.84 Å². The van der Waals surface area contributed by atoms with Crippen molar-refractivity contribution in [2.24, 2.45) is 5.92 Å². The van der Waals surface area contributed by atoms with Gasteiger partial charge in [0.2, 0.25) is 0 Å². The first-order chi connectivity index (χ1) is 9.75. The van der Waals surface area contributed by atoms with Crippen LogP contribution in [0.4, 0.5) is 10.7 Å². The summed E-state index contributed by atoms with van der Waals surface area (Å²) >= 11 is 1.15. The third-order valence-corrected chi connectivity index (χ3v) is 6.38.